The lowest BCUT2D eigenvalue weighted by Crippen LogP contribution is -2.50. The lowest BCUT2D eigenvalue weighted by atomic mass is 9.93. The molecule has 0 radical (unpaired) electrons. The number of hydrogen-bond acceptors (Lipinski definition) is 3. The monoisotopic (exact) mass is 363 g/mol. The second kappa shape index (κ2) is 7.79. The Bertz CT molecular complexity index is 672. The molecule has 0 amide bonds. The fourth-order valence-electron chi connectivity index (χ4n) is 3.04. The predicted molar refractivity (Wildman–Crippen MR) is 98.4 cm³/mol. The van der Waals surface area contributed by atoms with Gasteiger partial charge < -0.3 is 5.11 Å². The summed E-state index contributed by atoms with van der Waals surface area (Å²) in [5.41, 5.74) is 0.174. The molecule has 1 N–H and O–H groups in total. The molecule has 5 heteroatoms. The van der Waals surface area contributed by atoms with Crippen molar-refractivity contribution in [1.82, 2.24) is 4.90 Å². The summed E-state index contributed by atoms with van der Waals surface area (Å²) in [4.78, 5) is 2.97. The van der Waals surface area contributed by atoms with Gasteiger partial charge in [0.15, 0.2) is 0 Å². The van der Waals surface area contributed by atoms with Crippen molar-refractivity contribution < 1.29 is 9.32 Å². The molecule has 3 rings (SSSR count). The fourth-order valence-corrected chi connectivity index (χ4v) is 4.87. The maximum absolute atomic E-state index is 12.6. The molecule has 128 valence electrons. The quantitative estimate of drug-likeness (QED) is 0.828. The molecule has 0 bridgehead atoms. The van der Waals surface area contributed by atoms with Gasteiger partial charge in [0, 0.05) is 24.5 Å². The number of alkyl halides is 1. The van der Waals surface area contributed by atoms with Gasteiger partial charge in [0.1, 0.15) is 4.71 Å². The van der Waals surface area contributed by atoms with Crippen LogP contribution in [0.15, 0.2) is 65.6 Å². The van der Waals surface area contributed by atoms with Gasteiger partial charge in [-0.3, -0.25) is 9.11 Å². The van der Waals surface area contributed by atoms with E-state index in [4.69, 9.17) is 11.6 Å². The Kier molecular flexibility index (Phi) is 5.72. The molecule has 1 heterocycles. The third kappa shape index (κ3) is 4.06. The number of likely N-dealkylation sites (tertiary alicyclic amines) is 1. The number of halogens is 1. The molecule has 0 saturated carbocycles. The van der Waals surface area contributed by atoms with E-state index in [1.807, 2.05) is 36.4 Å². The maximum atomic E-state index is 12.6. The molecule has 24 heavy (non-hydrogen) atoms. The van der Waals surface area contributed by atoms with E-state index in [1.54, 1.807) is 12.1 Å². The summed E-state index contributed by atoms with van der Waals surface area (Å²) < 4.78 is 11.8. The number of aliphatic hydroxyl groups is 1. The van der Waals surface area contributed by atoms with E-state index in [0.29, 0.717) is 17.7 Å². The normalized spacial score (nSPS) is 20.4. The second-order valence-electron chi connectivity index (χ2n) is 6.29. The Labute approximate surface area is 150 Å². The summed E-state index contributed by atoms with van der Waals surface area (Å²) in [6.07, 6.45) is 1.07. The molecule has 2 aromatic rings. The van der Waals surface area contributed by atoms with Gasteiger partial charge in [0.2, 0.25) is 0 Å². The summed E-state index contributed by atoms with van der Waals surface area (Å²) >= 11 is 6.43. The number of hydrogen-bond donors (Lipinski definition) is 1. The van der Waals surface area contributed by atoms with Gasteiger partial charge in [-0.2, -0.15) is 0 Å². The van der Waals surface area contributed by atoms with E-state index >= 15 is 0 Å². The first-order valence-corrected chi connectivity index (χ1v) is 9.82. The number of rotatable bonds is 5. The van der Waals surface area contributed by atoms with Gasteiger partial charge in [0.25, 0.3) is 0 Å². The van der Waals surface area contributed by atoms with Crippen LogP contribution in [0.25, 0.3) is 0 Å². The molecule has 0 spiro atoms. The topological polar surface area (TPSA) is 40.5 Å². The second-order valence-corrected chi connectivity index (χ2v) is 8.52. The SMILES string of the molecule is O=S(c1ccccc1)C(Cl)C1(O)CCN(Cc2ccccc2)CC1. The Balaban J connectivity index is 1.60. The zero-order valence-corrected chi connectivity index (χ0v) is 15.0. The summed E-state index contributed by atoms with van der Waals surface area (Å²) in [6.45, 7) is 2.37. The third-order valence-electron chi connectivity index (χ3n) is 4.56. The lowest BCUT2D eigenvalue weighted by molar-refractivity contribution is -0.0114. The van der Waals surface area contributed by atoms with Crippen LogP contribution in [0.2, 0.25) is 0 Å². The minimum Gasteiger partial charge on any atom is -0.387 e. The molecule has 1 fully saturated rings. The molecule has 3 nitrogen and oxygen atoms in total. The molecule has 1 aliphatic rings. The van der Waals surface area contributed by atoms with Crippen LogP contribution in [-0.4, -0.2) is 37.6 Å². The van der Waals surface area contributed by atoms with Crippen molar-refractivity contribution in [3.63, 3.8) is 0 Å². The van der Waals surface area contributed by atoms with Crippen LogP contribution >= 0.6 is 11.6 Å². The molecule has 0 aromatic heterocycles. The zero-order chi connectivity index (χ0) is 17.0. The van der Waals surface area contributed by atoms with Gasteiger partial charge in [-0.05, 0) is 30.5 Å². The maximum Gasteiger partial charge on any atom is 0.142 e. The first-order chi connectivity index (χ1) is 11.6. The largest absolute Gasteiger partial charge is 0.387 e. The Morgan fingerprint density at radius 2 is 1.58 bits per heavy atom. The summed E-state index contributed by atoms with van der Waals surface area (Å²) in [6, 6.07) is 19.4. The number of piperidine rings is 1. The van der Waals surface area contributed by atoms with E-state index in [-0.39, 0.29) is 0 Å². The van der Waals surface area contributed by atoms with Crippen molar-refractivity contribution in [2.45, 2.75) is 34.6 Å². The smallest absolute Gasteiger partial charge is 0.142 e. The highest BCUT2D eigenvalue weighted by atomic mass is 35.5. The van der Waals surface area contributed by atoms with E-state index in [1.165, 1.54) is 5.56 Å². The van der Waals surface area contributed by atoms with Crippen molar-refractivity contribution in [1.29, 1.82) is 0 Å². The van der Waals surface area contributed by atoms with Crippen molar-refractivity contribution >= 4 is 22.4 Å². The average Bonchev–Trinajstić information content (AvgIpc) is 2.64. The Morgan fingerprint density at radius 1 is 1.04 bits per heavy atom. The molecule has 2 unspecified atom stereocenters. The Morgan fingerprint density at radius 3 is 2.17 bits per heavy atom. The summed E-state index contributed by atoms with van der Waals surface area (Å²) in [7, 11) is -1.42. The van der Waals surface area contributed by atoms with Gasteiger partial charge in [-0.25, -0.2) is 0 Å². The first-order valence-electron chi connectivity index (χ1n) is 8.17. The molecular weight excluding hydrogens is 342 g/mol. The van der Waals surface area contributed by atoms with E-state index in [0.717, 1.165) is 19.6 Å². The lowest BCUT2D eigenvalue weighted by Gasteiger charge is -2.40. The van der Waals surface area contributed by atoms with Crippen LogP contribution in [0.5, 0.6) is 0 Å². The molecular formula is C19H22ClNO2S. The van der Waals surface area contributed by atoms with Crippen LogP contribution in [-0.2, 0) is 17.3 Å². The van der Waals surface area contributed by atoms with Gasteiger partial charge in [0.05, 0.1) is 16.4 Å². The predicted octanol–water partition coefficient (Wildman–Crippen LogP) is 3.39. The number of nitrogens with zero attached hydrogens (tertiary/aromatic N) is 1. The van der Waals surface area contributed by atoms with E-state index in [9.17, 15) is 9.32 Å². The van der Waals surface area contributed by atoms with Gasteiger partial charge >= 0.3 is 0 Å². The molecule has 0 aliphatic carbocycles. The number of benzene rings is 2. The molecule has 2 aromatic carbocycles. The minimum absolute atomic E-state index is 0.534. The van der Waals surface area contributed by atoms with Crippen LogP contribution in [0.4, 0.5) is 0 Å². The van der Waals surface area contributed by atoms with E-state index in [2.05, 4.69) is 17.0 Å². The zero-order valence-electron chi connectivity index (χ0n) is 13.5. The third-order valence-corrected chi connectivity index (χ3v) is 7.00. The summed E-state index contributed by atoms with van der Waals surface area (Å²) in [5, 5.41) is 10.9. The average molecular weight is 364 g/mol. The first kappa shape index (κ1) is 17.6. The van der Waals surface area contributed by atoms with Gasteiger partial charge in [-0.1, -0.05) is 48.5 Å². The molecule has 1 saturated heterocycles. The highest BCUT2D eigenvalue weighted by Gasteiger charge is 2.42. The van der Waals surface area contributed by atoms with Crippen molar-refractivity contribution in [3.8, 4) is 0 Å². The fraction of sp³-hybridized carbons (Fsp3) is 0.368. The molecule has 2 atom stereocenters. The van der Waals surface area contributed by atoms with Gasteiger partial charge in [-0.15, -0.1) is 11.6 Å². The Hall–Kier alpha value is -1.20. The van der Waals surface area contributed by atoms with Crippen LogP contribution in [0.1, 0.15) is 18.4 Å². The minimum atomic E-state index is -1.42. The highest BCUT2D eigenvalue weighted by Crippen LogP contribution is 2.33. The van der Waals surface area contributed by atoms with Crippen LogP contribution in [0.3, 0.4) is 0 Å². The van der Waals surface area contributed by atoms with Crippen molar-refractivity contribution in [2.24, 2.45) is 0 Å². The highest BCUT2D eigenvalue weighted by molar-refractivity contribution is 7.87. The van der Waals surface area contributed by atoms with Crippen molar-refractivity contribution in [3.05, 3.63) is 66.2 Å². The van der Waals surface area contributed by atoms with Crippen molar-refractivity contribution in [2.75, 3.05) is 13.1 Å². The van der Waals surface area contributed by atoms with E-state index < -0.39 is 21.1 Å². The summed E-state index contributed by atoms with van der Waals surface area (Å²) in [5.74, 6) is 0. The van der Waals surface area contributed by atoms with Crippen LogP contribution < -0.4 is 0 Å². The molecule has 1 aliphatic heterocycles. The standard InChI is InChI=1S/C19H22ClNO2S/c20-18(24(23)17-9-5-2-6-10-17)19(22)11-13-21(14-12-19)15-16-7-3-1-4-8-16/h1-10,18,22H,11-15H2. The van der Waals surface area contributed by atoms with Crippen LogP contribution in [0, 0.1) is 0 Å².